The minimum Gasteiger partial charge on any atom is -0.494 e. The minimum absolute atomic E-state index is 0.0449. The van der Waals surface area contributed by atoms with Gasteiger partial charge in [0.25, 0.3) is 0 Å². The first-order chi connectivity index (χ1) is 14.1. The molecule has 4 rings (SSSR count). The lowest BCUT2D eigenvalue weighted by Crippen LogP contribution is -2.53. The Hall–Kier alpha value is -2.54. The van der Waals surface area contributed by atoms with E-state index >= 15 is 0 Å². The van der Waals surface area contributed by atoms with E-state index in [9.17, 15) is 14.7 Å². The second-order valence-electron chi connectivity index (χ2n) is 8.06. The number of nitrogens with zero attached hydrogens (tertiary/aromatic N) is 1. The van der Waals surface area contributed by atoms with Gasteiger partial charge in [0.1, 0.15) is 5.75 Å². The number of urea groups is 1. The van der Waals surface area contributed by atoms with Crippen LogP contribution in [0.2, 0.25) is 0 Å². The summed E-state index contributed by atoms with van der Waals surface area (Å²) in [5.41, 5.74) is 0.657. The van der Waals surface area contributed by atoms with Gasteiger partial charge in [-0.15, -0.1) is 0 Å². The van der Waals surface area contributed by atoms with Crippen LogP contribution in [0.4, 0.5) is 4.79 Å². The van der Waals surface area contributed by atoms with E-state index in [-0.39, 0.29) is 23.7 Å². The summed E-state index contributed by atoms with van der Waals surface area (Å²) in [7, 11) is 0. The van der Waals surface area contributed by atoms with Crippen LogP contribution in [0, 0.1) is 0 Å². The molecule has 2 saturated carbocycles. The van der Waals surface area contributed by atoms with Gasteiger partial charge >= 0.3 is 6.03 Å². The van der Waals surface area contributed by atoms with Crippen molar-refractivity contribution < 1.29 is 14.6 Å². The highest BCUT2D eigenvalue weighted by Crippen LogP contribution is 2.33. The molecular weight excluding hydrogens is 370 g/mol. The number of carbonyl (C=O) groups excluding carboxylic acids is 1. The number of carbonyl (C=O) groups is 1. The zero-order valence-electron chi connectivity index (χ0n) is 16.6. The maximum atomic E-state index is 12.7. The van der Waals surface area contributed by atoms with Crippen molar-refractivity contribution in [3.63, 3.8) is 0 Å². The van der Waals surface area contributed by atoms with Gasteiger partial charge in [-0.25, -0.2) is 4.79 Å². The quantitative estimate of drug-likeness (QED) is 0.624. The first kappa shape index (κ1) is 19.8. The van der Waals surface area contributed by atoms with Crippen molar-refractivity contribution in [2.75, 3.05) is 13.2 Å². The number of amides is 2. The third-order valence-corrected chi connectivity index (χ3v) is 5.79. The van der Waals surface area contributed by atoms with Crippen LogP contribution >= 0.6 is 0 Å². The van der Waals surface area contributed by atoms with Gasteiger partial charge in [0, 0.05) is 29.6 Å². The molecule has 0 saturated heterocycles. The number of hydrogen-bond donors (Lipinski definition) is 3. The van der Waals surface area contributed by atoms with Gasteiger partial charge in [-0.3, -0.25) is 4.79 Å². The molecule has 2 atom stereocenters. The number of rotatable bonds is 7. The van der Waals surface area contributed by atoms with E-state index < -0.39 is 6.10 Å². The molecule has 0 bridgehead atoms. The Morgan fingerprint density at radius 1 is 1.17 bits per heavy atom. The van der Waals surface area contributed by atoms with Gasteiger partial charge < -0.3 is 25.0 Å². The summed E-state index contributed by atoms with van der Waals surface area (Å²) in [6, 6.07) is 9.00. The van der Waals surface area contributed by atoms with E-state index in [0.717, 1.165) is 55.2 Å². The third-order valence-electron chi connectivity index (χ3n) is 5.79. The largest absolute Gasteiger partial charge is 0.494 e. The summed E-state index contributed by atoms with van der Waals surface area (Å²) < 4.78 is 5.78. The Balaban J connectivity index is 1.24. The Kier molecular flexibility index (Phi) is 6.04. The predicted octanol–water partition coefficient (Wildman–Crippen LogP) is 2.77. The lowest BCUT2D eigenvalue weighted by Gasteiger charge is -2.37. The number of fused-ring (bicyclic) bond motifs is 1. The molecule has 2 aliphatic carbocycles. The molecule has 2 fully saturated rings. The van der Waals surface area contributed by atoms with Crippen molar-refractivity contribution in [3.05, 3.63) is 40.7 Å². The number of pyridine rings is 1. The zero-order chi connectivity index (χ0) is 20.2. The number of H-pyrrole nitrogens is 1. The molecule has 2 amide bonds. The minimum atomic E-state index is -0.402. The van der Waals surface area contributed by atoms with Crippen LogP contribution in [0.3, 0.4) is 0 Å². The molecule has 7 heteroatoms. The topological polar surface area (TPSA) is 94.7 Å². The molecule has 2 aliphatic rings. The lowest BCUT2D eigenvalue weighted by molar-refractivity contribution is 0.0333. The molecule has 29 heavy (non-hydrogen) atoms. The number of aromatic amines is 1. The highest BCUT2D eigenvalue weighted by molar-refractivity contribution is 5.79. The van der Waals surface area contributed by atoms with Crippen molar-refractivity contribution >= 4 is 16.9 Å². The summed E-state index contributed by atoms with van der Waals surface area (Å²) in [6.07, 6.45) is 6.16. The van der Waals surface area contributed by atoms with E-state index in [4.69, 9.17) is 4.74 Å². The Morgan fingerprint density at radius 3 is 2.79 bits per heavy atom. The molecule has 1 aromatic heterocycles. The van der Waals surface area contributed by atoms with Gasteiger partial charge in [0.2, 0.25) is 5.56 Å². The highest BCUT2D eigenvalue weighted by atomic mass is 16.5. The van der Waals surface area contributed by atoms with E-state index in [2.05, 4.69) is 10.3 Å². The Morgan fingerprint density at radius 2 is 2.00 bits per heavy atom. The third kappa shape index (κ3) is 4.90. The molecule has 0 radical (unpaired) electrons. The van der Waals surface area contributed by atoms with E-state index in [1.807, 2.05) is 23.1 Å². The first-order valence-corrected chi connectivity index (χ1v) is 10.6. The number of hydrogen-bond acceptors (Lipinski definition) is 4. The number of nitrogens with one attached hydrogen (secondary N) is 2. The molecule has 2 aromatic rings. The average Bonchev–Trinajstić information content (AvgIpc) is 3.54. The smallest absolute Gasteiger partial charge is 0.317 e. The fourth-order valence-corrected chi connectivity index (χ4v) is 4.13. The molecule has 1 aromatic carbocycles. The fraction of sp³-hybridized carbons (Fsp3) is 0.545. The number of aromatic nitrogens is 1. The Labute approximate surface area is 170 Å². The summed E-state index contributed by atoms with van der Waals surface area (Å²) >= 11 is 0. The highest BCUT2D eigenvalue weighted by Gasteiger charge is 2.40. The average molecular weight is 399 g/mol. The SMILES string of the molecule is O=C(NCCCOc1ccc2[nH]c(=O)ccc2c1)N(C1CC1)[C@H]1CCCC[C@H]1O. The van der Waals surface area contributed by atoms with Crippen LogP contribution in [0.15, 0.2) is 35.1 Å². The van der Waals surface area contributed by atoms with E-state index in [1.165, 1.54) is 6.07 Å². The zero-order valence-corrected chi connectivity index (χ0v) is 16.6. The molecule has 7 nitrogen and oxygen atoms in total. The molecule has 3 N–H and O–H groups in total. The maximum absolute atomic E-state index is 12.7. The molecule has 156 valence electrons. The second kappa shape index (κ2) is 8.86. The van der Waals surface area contributed by atoms with E-state index in [0.29, 0.717) is 19.6 Å². The van der Waals surface area contributed by atoms with Crippen molar-refractivity contribution in [1.82, 2.24) is 15.2 Å². The number of benzene rings is 1. The normalized spacial score (nSPS) is 21.7. The van der Waals surface area contributed by atoms with Crippen LogP contribution in [0.25, 0.3) is 10.9 Å². The maximum Gasteiger partial charge on any atom is 0.317 e. The van der Waals surface area contributed by atoms with Crippen LogP contribution in [0.5, 0.6) is 5.75 Å². The van der Waals surface area contributed by atoms with Crippen LogP contribution in [-0.4, -0.2) is 52.4 Å². The molecule has 0 unspecified atom stereocenters. The number of ether oxygens (including phenoxy) is 1. The van der Waals surface area contributed by atoms with Crippen LogP contribution < -0.4 is 15.6 Å². The monoisotopic (exact) mass is 399 g/mol. The van der Waals surface area contributed by atoms with Crippen molar-refractivity contribution in [2.45, 2.75) is 63.1 Å². The second-order valence-corrected chi connectivity index (χ2v) is 8.06. The van der Waals surface area contributed by atoms with Crippen molar-refractivity contribution in [2.24, 2.45) is 0 Å². The van der Waals surface area contributed by atoms with Gasteiger partial charge in [0.05, 0.1) is 18.8 Å². The summed E-state index contributed by atoms with van der Waals surface area (Å²) in [5, 5.41) is 14.2. The standard InChI is InChI=1S/C22H29N3O4/c26-20-5-2-1-4-19(20)25(16-7-8-16)22(28)23-12-3-13-29-17-9-10-18-15(14-17)6-11-21(27)24-18/h6,9-11,14,16,19-20,26H,1-5,7-8,12-13H2,(H,23,28)(H,24,27)/t19-,20+/m0/s1. The Bertz CT molecular complexity index is 908. The summed E-state index contributed by atoms with van der Waals surface area (Å²) in [5.74, 6) is 0.737. The number of aliphatic hydroxyl groups is 1. The molecular formula is C22H29N3O4. The predicted molar refractivity (Wildman–Crippen MR) is 111 cm³/mol. The van der Waals surface area contributed by atoms with Gasteiger partial charge in [-0.1, -0.05) is 12.8 Å². The fourth-order valence-electron chi connectivity index (χ4n) is 4.13. The van der Waals surface area contributed by atoms with Gasteiger partial charge in [-0.05, 0) is 56.4 Å². The molecule has 1 heterocycles. The number of aliphatic hydroxyl groups excluding tert-OH is 1. The summed E-state index contributed by atoms with van der Waals surface area (Å²) in [4.78, 5) is 28.7. The van der Waals surface area contributed by atoms with E-state index in [1.54, 1.807) is 6.07 Å². The van der Waals surface area contributed by atoms with Crippen LogP contribution in [-0.2, 0) is 0 Å². The van der Waals surface area contributed by atoms with Crippen LogP contribution in [0.1, 0.15) is 44.9 Å². The first-order valence-electron chi connectivity index (χ1n) is 10.6. The van der Waals surface area contributed by atoms with Crippen molar-refractivity contribution in [3.8, 4) is 5.75 Å². The van der Waals surface area contributed by atoms with Crippen molar-refractivity contribution in [1.29, 1.82) is 0 Å². The van der Waals surface area contributed by atoms with Gasteiger partial charge in [0.15, 0.2) is 0 Å². The van der Waals surface area contributed by atoms with Gasteiger partial charge in [-0.2, -0.15) is 0 Å². The molecule has 0 aliphatic heterocycles. The lowest BCUT2D eigenvalue weighted by atomic mass is 9.91. The summed E-state index contributed by atoms with van der Waals surface area (Å²) in [6.45, 7) is 1.02. The molecule has 0 spiro atoms.